The number of nitrogens with zero attached hydrogens (tertiary/aromatic N) is 2. The van der Waals surface area contributed by atoms with E-state index in [4.69, 9.17) is 0 Å². The van der Waals surface area contributed by atoms with Gasteiger partial charge in [-0.1, -0.05) is 20.8 Å². The maximum atomic E-state index is 13.1. The second-order valence-corrected chi connectivity index (χ2v) is 7.79. The Hall–Kier alpha value is -2.76. The van der Waals surface area contributed by atoms with Gasteiger partial charge in [0.15, 0.2) is 5.65 Å². The highest BCUT2D eigenvalue weighted by molar-refractivity contribution is 6.04. The summed E-state index contributed by atoms with van der Waals surface area (Å²) in [5, 5.41) is 3.03. The van der Waals surface area contributed by atoms with Gasteiger partial charge in [0.05, 0.1) is 5.56 Å². The number of carbonyl (C=O) groups excluding carboxylic acids is 1. The molecule has 6 heteroatoms. The van der Waals surface area contributed by atoms with E-state index in [1.54, 1.807) is 24.4 Å². The van der Waals surface area contributed by atoms with Gasteiger partial charge < -0.3 is 10.3 Å². The minimum atomic E-state index is -0.309. The van der Waals surface area contributed by atoms with Crippen molar-refractivity contribution in [1.82, 2.24) is 20.3 Å². The van der Waals surface area contributed by atoms with Gasteiger partial charge in [-0.3, -0.25) is 4.79 Å². The van der Waals surface area contributed by atoms with Crippen LogP contribution < -0.4 is 5.32 Å². The Bertz CT molecular complexity index is 925. The molecule has 0 fully saturated rings. The largest absolute Gasteiger partial charge is 0.349 e. The minimum Gasteiger partial charge on any atom is -0.349 e. The molecule has 2 aromatic heterocycles. The van der Waals surface area contributed by atoms with Crippen molar-refractivity contribution in [3.05, 3.63) is 47.9 Å². The standard InChI is InChI=1S/C20H23FN4O/c1-12(11-20(2,3)4)23-19(26)15-9-10-22-18-16(15)24-17(25-18)13-5-7-14(21)8-6-13/h5-10,12H,11H2,1-4H3,(H,23,26)(H,22,24,25). The first-order valence-electron chi connectivity index (χ1n) is 8.64. The second kappa shape index (κ2) is 6.86. The number of benzene rings is 1. The zero-order valence-corrected chi connectivity index (χ0v) is 15.4. The van der Waals surface area contributed by atoms with Gasteiger partial charge in [-0.25, -0.2) is 14.4 Å². The lowest BCUT2D eigenvalue weighted by Gasteiger charge is -2.24. The number of imidazole rings is 1. The van der Waals surface area contributed by atoms with Crippen LogP contribution in [0.4, 0.5) is 4.39 Å². The molecule has 2 heterocycles. The second-order valence-electron chi connectivity index (χ2n) is 7.79. The van der Waals surface area contributed by atoms with E-state index >= 15 is 0 Å². The van der Waals surface area contributed by atoms with E-state index in [0.717, 1.165) is 12.0 Å². The van der Waals surface area contributed by atoms with Crippen LogP contribution in [0.3, 0.4) is 0 Å². The van der Waals surface area contributed by atoms with Crippen LogP contribution in [0.2, 0.25) is 0 Å². The van der Waals surface area contributed by atoms with Gasteiger partial charge in [0.1, 0.15) is 17.2 Å². The van der Waals surface area contributed by atoms with Crippen molar-refractivity contribution in [2.45, 2.75) is 40.2 Å². The average Bonchev–Trinajstić information content (AvgIpc) is 2.97. The average molecular weight is 354 g/mol. The Balaban J connectivity index is 1.89. The predicted molar refractivity (Wildman–Crippen MR) is 100 cm³/mol. The lowest BCUT2D eigenvalue weighted by molar-refractivity contribution is 0.0932. The lowest BCUT2D eigenvalue weighted by Crippen LogP contribution is -2.35. The third kappa shape index (κ3) is 4.07. The van der Waals surface area contributed by atoms with E-state index in [2.05, 4.69) is 41.0 Å². The number of nitrogens with one attached hydrogen (secondary N) is 2. The number of H-pyrrole nitrogens is 1. The van der Waals surface area contributed by atoms with Crippen LogP contribution in [0.25, 0.3) is 22.6 Å². The third-order valence-corrected chi connectivity index (χ3v) is 4.04. The SMILES string of the molecule is CC(CC(C)(C)C)NC(=O)c1ccnc2[nH]c(-c3ccc(F)cc3)nc12. The number of hydrogen-bond donors (Lipinski definition) is 2. The molecule has 26 heavy (non-hydrogen) atoms. The van der Waals surface area contributed by atoms with Gasteiger partial charge in [0.2, 0.25) is 0 Å². The molecule has 2 N–H and O–H groups in total. The highest BCUT2D eigenvalue weighted by Gasteiger charge is 2.20. The van der Waals surface area contributed by atoms with E-state index in [1.165, 1.54) is 12.1 Å². The third-order valence-electron chi connectivity index (χ3n) is 4.04. The summed E-state index contributed by atoms with van der Waals surface area (Å²) in [6.07, 6.45) is 2.45. The smallest absolute Gasteiger partial charge is 0.253 e. The molecule has 0 aliphatic rings. The van der Waals surface area contributed by atoms with Gasteiger partial charge in [0.25, 0.3) is 5.91 Å². The van der Waals surface area contributed by atoms with Crippen LogP contribution >= 0.6 is 0 Å². The molecule has 5 nitrogen and oxygen atoms in total. The molecule has 3 aromatic rings. The molecule has 3 rings (SSSR count). The van der Waals surface area contributed by atoms with E-state index in [-0.39, 0.29) is 23.2 Å². The number of halogens is 1. The van der Waals surface area contributed by atoms with E-state index in [0.29, 0.717) is 22.6 Å². The normalized spacial score (nSPS) is 13.0. The minimum absolute atomic E-state index is 0.0428. The number of aromatic amines is 1. The van der Waals surface area contributed by atoms with Crippen molar-refractivity contribution in [3.63, 3.8) is 0 Å². The molecule has 0 bridgehead atoms. The first kappa shape index (κ1) is 18.0. The Morgan fingerprint density at radius 3 is 2.58 bits per heavy atom. The van der Waals surface area contributed by atoms with Crippen molar-refractivity contribution in [1.29, 1.82) is 0 Å². The van der Waals surface area contributed by atoms with E-state index in [9.17, 15) is 9.18 Å². The maximum absolute atomic E-state index is 13.1. The molecule has 1 unspecified atom stereocenters. The molecule has 1 aromatic carbocycles. The van der Waals surface area contributed by atoms with Gasteiger partial charge in [-0.2, -0.15) is 0 Å². The van der Waals surface area contributed by atoms with Crippen LogP contribution in [0.5, 0.6) is 0 Å². The van der Waals surface area contributed by atoms with Gasteiger partial charge in [-0.15, -0.1) is 0 Å². The van der Waals surface area contributed by atoms with Crippen LogP contribution in [0.1, 0.15) is 44.5 Å². The highest BCUT2D eigenvalue weighted by Crippen LogP contribution is 2.23. The molecule has 0 saturated heterocycles. The molecule has 0 saturated carbocycles. The van der Waals surface area contributed by atoms with Crippen molar-refractivity contribution in [2.75, 3.05) is 0 Å². The Kier molecular flexibility index (Phi) is 4.76. The van der Waals surface area contributed by atoms with Crippen LogP contribution in [0, 0.1) is 11.2 Å². The fourth-order valence-corrected chi connectivity index (χ4v) is 3.11. The van der Waals surface area contributed by atoms with Crippen molar-refractivity contribution in [2.24, 2.45) is 5.41 Å². The van der Waals surface area contributed by atoms with Crippen LogP contribution in [-0.2, 0) is 0 Å². The molecule has 1 amide bonds. The zero-order chi connectivity index (χ0) is 18.9. The summed E-state index contributed by atoms with van der Waals surface area (Å²) < 4.78 is 13.1. The molecule has 0 aliphatic carbocycles. The number of hydrogen-bond acceptors (Lipinski definition) is 3. The summed E-state index contributed by atoms with van der Waals surface area (Å²) in [4.78, 5) is 24.6. The van der Waals surface area contributed by atoms with Crippen molar-refractivity contribution >= 4 is 17.1 Å². The van der Waals surface area contributed by atoms with Gasteiger partial charge >= 0.3 is 0 Å². The fraction of sp³-hybridized carbons (Fsp3) is 0.350. The monoisotopic (exact) mass is 354 g/mol. The first-order valence-corrected chi connectivity index (χ1v) is 8.64. The zero-order valence-electron chi connectivity index (χ0n) is 15.4. The molecule has 0 spiro atoms. The Morgan fingerprint density at radius 1 is 1.23 bits per heavy atom. The molecule has 136 valence electrons. The fourth-order valence-electron chi connectivity index (χ4n) is 3.11. The molecule has 0 radical (unpaired) electrons. The molecule has 0 aliphatic heterocycles. The van der Waals surface area contributed by atoms with Crippen LogP contribution in [-0.4, -0.2) is 26.9 Å². The first-order chi connectivity index (χ1) is 12.2. The number of pyridine rings is 1. The van der Waals surface area contributed by atoms with Crippen LogP contribution in [0.15, 0.2) is 36.5 Å². The number of fused-ring (bicyclic) bond motifs is 1. The predicted octanol–water partition coefficient (Wildman–Crippen LogP) is 4.32. The Labute approximate surface area is 152 Å². The van der Waals surface area contributed by atoms with Gasteiger partial charge in [-0.05, 0) is 49.1 Å². The van der Waals surface area contributed by atoms with Crippen molar-refractivity contribution < 1.29 is 9.18 Å². The summed E-state index contributed by atoms with van der Waals surface area (Å²) in [6, 6.07) is 7.73. The summed E-state index contributed by atoms with van der Waals surface area (Å²) in [5.41, 5.74) is 2.37. The summed E-state index contributed by atoms with van der Waals surface area (Å²) >= 11 is 0. The Morgan fingerprint density at radius 2 is 1.92 bits per heavy atom. The van der Waals surface area contributed by atoms with Gasteiger partial charge in [0, 0.05) is 17.8 Å². The summed E-state index contributed by atoms with van der Waals surface area (Å²) in [7, 11) is 0. The highest BCUT2D eigenvalue weighted by atomic mass is 19.1. The molecule has 1 atom stereocenters. The van der Waals surface area contributed by atoms with E-state index < -0.39 is 0 Å². The lowest BCUT2D eigenvalue weighted by atomic mass is 9.88. The number of aromatic nitrogens is 3. The maximum Gasteiger partial charge on any atom is 0.253 e. The quantitative estimate of drug-likeness (QED) is 0.733. The summed E-state index contributed by atoms with van der Waals surface area (Å²) in [5.74, 6) is 0.0673. The molecular formula is C20H23FN4O. The summed E-state index contributed by atoms with van der Waals surface area (Å²) in [6.45, 7) is 8.42. The van der Waals surface area contributed by atoms with E-state index in [1.807, 2.05) is 6.92 Å². The number of carbonyl (C=O) groups is 1. The number of rotatable bonds is 4. The topological polar surface area (TPSA) is 70.7 Å². The van der Waals surface area contributed by atoms with Crippen molar-refractivity contribution in [3.8, 4) is 11.4 Å². The number of amides is 1. The molecular weight excluding hydrogens is 331 g/mol.